The Labute approximate surface area is 81.0 Å². The third-order valence-electron chi connectivity index (χ3n) is 3.83. The van der Waals surface area contributed by atoms with Gasteiger partial charge in [0, 0.05) is 12.1 Å². The van der Waals surface area contributed by atoms with Gasteiger partial charge in [0.05, 0.1) is 12.2 Å². The summed E-state index contributed by atoms with van der Waals surface area (Å²) in [5.41, 5.74) is 0.447. The van der Waals surface area contributed by atoms with Gasteiger partial charge >= 0.3 is 0 Å². The van der Waals surface area contributed by atoms with Crippen LogP contribution in [0.15, 0.2) is 0 Å². The van der Waals surface area contributed by atoms with Crippen molar-refractivity contribution >= 4 is 0 Å². The van der Waals surface area contributed by atoms with Crippen LogP contribution in [-0.4, -0.2) is 24.3 Å². The molecule has 0 radical (unpaired) electrons. The molecule has 1 aliphatic carbocycles. The fraction of sp³-hybridized carbons (Fsp3) is 1.00. The van der Waals surface area contributed by atoms with E-state index in [2.05, 4.69) is 19.2 Å². The maximum atomic E-state index is 6.07. The van der Waals surface area contributed by atoms with Crippen LogP contribution in [0.5, 0.6) is 0 Å². The fourth-order valence-corrected chi connectivity index (χ4v) is 2.36. The molecule has 0 aromatic heterocycles. The first kappa shape index (κ1) is 9.47. The van der Waals surface area contributed by atoms with Gasteiger partial charge in [-0.2, -0.15) is 0 Å². The molecule has 2 fully saturated rings. The van der Waals surface area contributed by atoms with Gasteiger partial charge in [-0.25, -0.2) is 0 Å². The standard InChI is InChI=1S/C11H21NO/c1-3-10(2)9-13-11(8-12-10)6-4-5-7-11/h12H,3-9H2,1-2H3. The lowest BCUT2D eigenvalue weighted by Crippen LogP contribution is -2.59. The predicted octanol–water partition coefficient (Wildman–Crippen LogP) is 2.09. The molecule has 0 aromatic carbocycles. The highest BCUT2D eigenvalue weighted by molar-refractivity contribution is 4.97. The molecule has 1 N–H and O–H groups in total. The van der Waals surface area contributed by atoms with E-state index in [4.69, 9.17) is 4.74 Å². The van der Waals surface area contributed by atoms with E-state index >= 15 is 0 Å². The minimum atomic E-state index is 0.217. The van der Waals surface area contributed by atoms with E-state index in [0.717, 1.165) is 19.6 Å². The van der Waals surface area contributed by atoms with Crippen molar-refractivity contribution in [3.05, 3.63) is 0 Å². The lowest BCUT2D eigenvalue weighted by atomic mass is 9.92. The van der Waals surface area contributed by atoms with Crippen LogP contribution in [0.3, 0.4) is 0 Å². The highest BCUT2D eigenvalue weighted by Gasteiger charge is 2.41. The first-order valence-corrected chi connectivity index (χ1v) is 5.57. The van der Waals surface area contributed by atoms with Crippen LogP contribution in [-0.2, 0) is 4.74 Å². The van der Waals surface area contributed by atoms with Gasteiger partial charge in [-0.1, -0.05) is 19.8 Å². The zero-order valence-corrected chi connectivity index (χ0v) is 8.86. The van der Waals surface area contributed by atoms with Crippen molar-refractivity contribution in [2.75, 3.05) is 13.2 Å². The highest BCUT2D eigenvalue weighted by atomic mass is 16.5. The lowest BCUT2D eigenvalue weighted by molar-refractivity contribution is -0.101. The largest absolute Gasteiger partial charge is 0.372 e. The smallest absolute Gasteiger partial charge is 0.0807 e. The Hall–Kier alpha value is -0.0800. The summed E-state index contributed by atoms with van der Waals surface area (Å²) in [6, 6.07) is 0. The Morgan fingerprint density at radius 2 is 2.00 bits per heavy atom. The van der Waals surface area contributed by atoms with E-state index in [1.54, 1.807) is 0 Å². The fourth-order valence-electron chi connectivity index (χ4n) is 2.36. The van der Waals surface area contributed by atoms with Crippen LogP contribution in [0.2, 0.25) is 0 Å². The van der Waals surface area contributed by atoms with Crippen LogP contribution in [0.1, 0.15) is 46.0 Å². The van der Waals surface area contributed by atoms with E-state index in [-0.39, 0.29) is 11.1 Å². The van der Waals surface area contributed by atoms with Gasteiger partial charge in [0.25, 0.3) is 0 Å². The molecule has 2 aliphatic rings. The first-order chi connectivity index (χ1) is 6.18. The molecule has 2 rings (SSSR count). The summed E-state index contributed by atoms with van der Waals surface area (Å²) in [6.07, 6.45) is 6.39. The summed E-state index contributed by atoms with van der Waals surface area (Å²) in [4.78, 5) is 0. The second-order valence-electron chi connectivity index (χ2n) is 4.95. The van der Waals surface area contributed by atoms with Crippen LogP contribution >= 0.6 is 0 Å². The summed E-state index contributed by atoms with van der Waals surface area (Å²) in [6.45, 7) is 6.44. The Morgan fingerprint density at radius 1 is 1.31 bits per heavy atom. The molecule has 0 aromatic rings. The maximum Gasteiger partial charge on any atom is 0.0807 e. The summed E-state index contributed by atoms with van der Waals surface area (Å²) in [7, 11) is 0. The van der Waals surface area contributed by atoms with E-state index in [9.17, 15) is 0 Å². The zero-order chi connectivity index (χ0) is 9.36. The van der Waals surface area contributed by atoms with Gasteiger partial charge in [-0.05, 0) is 26.2 Å². The van der Waals surface area contributed by atoms with Crippen LogP contribution in [0.25, 0.3) is 0 Å². The summed E-state index contributed by atoms with van der Waals surface area (Å²) < 4.78 is 6.07. The van der Waals surface area contributed by atoms with Gasteiger partial charge in [-0.15, -0.1) is 0 Å². The molecule has 1 unspecified atom stereocenters. The lowest BCUT2D eigenvalue weighted by Gasteiger charge is -2.44. The number of hydrogen-bond acceptors (Lipinski definition) is 2. The van der Waals surface area contributed by atoms with Gasteiger partial charge in [0.1, 0.15) is 0 Å². The number of morpholine rings is 1. The molecule has 1 spiro atoms. The molecular weight excluding hydrogens is 162 g/mol. The number of ether oxygens (including phenoxy) is 1. The Bertz CT molecular complexity index is 175. The molecule has 0 amide bonds. The van der Waals surface area contributed by atoms with Gasteiger partial charge in [0.2, 0.25) is 0 Å². The van der Waals surface area contributed by atoms with Gasteiger partial charge < -0.3 is 10.1 Å². The third kappa shape index (κ3) is 1.75. The summed E-state index contributed by atoms with van der Waals surface area (Å²) >= 11 is 0. The van der Waals surface area contributed by atoms with Gasteiger partial charge in [0.15, 0.2) is 0 Å². The molecule has 1 aliphatic heterocycles. The van der Waals surface area contributed by atoms with Crippen molar-refractivity contribution in [3.8, 4) is 0 Å². The molecule has 1 saturated carbocycles. The number of hydrogen-bond donors (Lipinski definition) is 1. The SMILES string of the molecule is CCC1(C)COC2(CCCC2)CN1. The monoisotopic (exact) mass is 183 g/mol. The Balaban J connectivity index is 1.95. The second-order valence-corrected chi connectivity index (χ2v) is 4.95. The van der Waals surface area contributed by atoms with Crippen molar-refractivity contribution in [3.63, 3.8) is 0 Å². The Morgan fingerprint density at radius 3 is 2.46 bits per heavy atom. The molecule has 2 nitrogen and oxygen atoms in total. The average molecular weight is 183 g/mol. The highest BCUT2D eigenvalue weighted by Crippen LogP contribution is 2.36. The minimum absolute atomic E-state index is 0.217. The van der Waals surface area contributed by atoms with Crippen molar-refractivity contribution < 1.29 is 4.74 Å². The Kier molecular flexibility index (Phi) is 2.37. The molecule has 1 heterocycles. The van der Waals surface area contributed by atoms with Crippen molar-refractivity contribution in [1.29, 1.82) is 0 Å². The first-order valence-electron chi connectivity index (χ1n) is 5.57. The number of rotatable bonds is 1. The van der Waals surface area contributed by atoms with Crippen LogP contribution < -0.4 is 5.32 Å². The molecule has 0 bridgehead atoms. The molecular formula is C11H21NO. The van der Waals surface area contributed by atoms with E-state index in [1.165, 1.54) is 25.7 Å². The zero-order valence-electron chi connectivity index (χ0n) is 8.86. The molecule has 76 valence electrons. The molecule has 13 heavy (non-hydrogen) atoms. The predicted molar refractivity (Wildman–Crippen MR) is 53.8 cm³/mol. The average Bonchev–Trinajstić information content (AvgIpc) is 2.61. The van der Waals surface area contributed by atoms with Gasteiger partial charge in [-0.3, -0.25) is 0 Å². The van der Waals surface area contributed by atoms with Crippen molar-refractivity contribution in [2.24, 2.45) is 0 Å². The normalized spacial score (nSPS) is 38.3. The van der Waals surface area contributed by atoms with Crippen LogP contribution in [0.4, 0.5) is 0 Å². The molecule has 1 saturated heterocycles. The van der Waals surface area contributed by atoms with E-state index in [0.29, 0.717) is 0 Å². The van der Waals surface area contributed by atoms with Crippen molar-refractivity contribution in [2.45, 2.75) is 57.1 Å². The second kappa shape index (κ2) is 3.25. The third-order valence-corrected chi connectivity index (χ3v) is 3.83. The topological polar surface area (TPSA) is 21.3 Å². The summed E-state index contributed by atoms with van der Waals surface area (Å²) in [5, 5.41) is 3.65. The molecule has 2 heteroatoms. The van der Waals surface area contributed by atoms with E-state index < -0.39 is 0 Å². The molecule has 1 atom stereocenters. The summed E-state index contributed by atoms with van der Waals surface area (Å²) in [5.74, 6) is 0. The van der Waals surface area contributed by atoms with E-state index in [1.807, 2.05) is 0 Å². The minimum Gasteiger partial charge on any atom is -0.372 e. The quantitative estimate of drug-likeness (QED) is 0.672. The van der Waals surface area contributed by atoms with Crippen LogP contribution in [0, 0.1) is 0 Å². The van der Waals surface area contributed by atoms with Crippen molar-refractivity contribution in [1.82, 2.24) is 5.32 Å². The maximum absolute atomic E-state index is 6.07. The number of nitrogens with one attached hydrogen (secondary N) is 1.